The first-order chi connectivity index (χ1) is 16.7. The maximum Gasteiger partial charge on any atom is 0.309 e. The third-order valence-corrected chi connectivity index (χ3v) is 6.97. The SMILES string of the molecule is CC(C)(C)C[C@H](NC(=O)C(=O)NC1CC(F)(F)C1)C(=O)N1C[C@]2(C[C@H]1C#N)C(=O)Nc1ccccc12. The minimum absolute atomic E-state index is 0.0488. The van der Waals surface area contributed by atoms with Crippen LogP contribution in [-0.2, 0) is 24.6 Å². The van der Waals surface area contributed by atoms with Gasteiger partial charge in [0.05, 0.1) is 11.5 Å². The first-order valence-corrected chi connectivity index (χ1v) is 11.8. The number of carbonyl (C=O) groups excluding carboxylic acids is 4. The zero-order chi connectivity index (χ0) is 26.5. The van der Waals surface area contributed by atoms with Gasteiger partial charge in [-0.05, 0) is 23.5 Å². The van der Waals surface area contributed by atoms with Gasteiger partial charge < -0.3 is 20.9 Å². The molecule has 1 aromatic rings. The van der Waals surface area contributed by atoms with Gasteiger partial charge in [0.15, 0.2) is 0 Å². The molecule has 3 atom stereocenters. The number of nitrogens with zero attached hydrogens (tertiary/aromatic N) is 2. The summed E-state index contributed by atoms with van der Waals surface area (Å²) in [5.74, 6) is -5.95. The predicted octanol–water partition coefficient (Wildman–Crippen LogP) is 1.84. The van der Waals surface area contributed by atoms with Crippen molar-refractivity contribution in [1.29, 1.82) is 5.26 Å². The number of halogens is 2. The molecule has 11 heteroatoms. The van der Waals surface area contributed by atoms with Crippen LogP contribution in [0.15, 0.2) is 24.3 Å². The Morgan fingerprint density at radius 3 is 2.47 bits per heavy atom. The molecule has 3 aliphatic rings. The first kappa shape index (κ1) is 25.5. The van der Waals surface area contributed by atoms with Crippen molar-refractivity contribution in [2.24, 2.45) is 5.41 Å². The van der Waals surface area contributed by atoms with Crippen molar-refractivity contribution in [2.45, 2.75) is 75.9 Å². The number of nitriles is 1. The van der Waals surface area contributed by atoms with E-state index >= 15 is 0 Å². The number of hydrogen-bond acceptors (Lipinski definition) is 5. The topological polar surface area (TPSA) is 131 Å². The highest BCUT2D eigenvalue weighted by Crippen LogP contribution is 2.46. The summed E-state index contributed by atoms with van der Waals surface area (Å²) in [6.45, 7) is 5.50. The van der Waals surface area contributed by atoms with Crippen LogP contribution in [0.25, 0.3) is 0 Å². The van der Waals surface area contributed by atoms with Crippen LogP contribution in [0.4, 0.5) is 14.5 Å². The van der Waals surface area contributed by atoms with E-state index in [4.69, 9.17) is 0 Å². The molecule has 1 spiro atoms. The number of likely N-dealkylation sites (tertiary alicyclic amines) is 1. The second kappa shape index (κ2) is 8.84. The molecule has 9 nitrogen and oxygen atoms in total. The van der Waals surface area contributed by atoms with E-state index < -0.39 is 65.4 Å². The van der Waals surface area contributed by atoms with Gasteiger partial charge in [0.1, 0.15) is 12.1 Å². The molecule has 0 bridgehead atoms. The van der Waals surface area contributed by atoms with Crippen LogP contribution < -0.4 is 16.0 Å². The Balaban J connectivity index is 1.53. The fourth-order valence-corrected chi connectivity index (χ4v) is 5.24. The van der Waals surface area contributed by atoms with E-state index in [0.29, 0.717) is 11.3 Å². The van der Waals surface area contributed by atoms with Gasteiger partial charge in [0, 0.05) is 37.5 Å². The zero-order valence-corrected chi connectivity index (χ0v) is 20.4. The van der Waals surface area contributed by atoms with E-state index in [1.165, 1.54) is 4.90 Å². The lowest BCUT2D eigenvalue weighted by Gasteiger charge is -2.35. The van der Waals surface area contributed by atoms with Crippen molar-refractivity contribution in [2.75, 3.05) is 11.9 Å². The van der Waals surface area contributed by atoms with Gasteiger partial charge in [-0.1, -0.05) is 39.0 Å². The van der Waals surface area contributed by atoms with Crippen LogP contribution in [-0.4, -0.2) is 59.1 Å². The lowest BCUT2D eigenvalue weighted by Crippen LogP contribution is -2.57. The summed E-state index contributed by atoms with van der Waals surface area (Å²) in [5.41, 5.74) is -0.197. The fourth-order valence-electron chi connectivity index (χ4n) is 5.24. The molecular formula is C25H29F2N5O4. The summed E-state index contributed by atoms with van der Waals surface area (Å²) in [5, 5.41) is 17.4. The van der Waals surface area contributed by atoms with Crippen molar-refractivity contribution in [3.63, 3.8) is 0 Å². The third-order valence-electron chi connectivity index (χ3n) is 6.97. The number of amides is 4. The minimum atomic E-state index is -2.86. The predicted molar refractivity (Wildman–Crippen MR) is 125 cm³/mol. The number of hydrogen-bond donors (Lipinski definition) is 3. The number of alkyl halides is 2. The van der Waals surface area contributed by atoms with Crippen LogP contribution in [0.2, 0.25) is 0 Å². The molecule has 36 heavy (non-hydrogen) atoms. The number of carbonyl (C=O) groups is 4. The van der Waals surface area contributed by atoms with E-state index in [1.807, 2.05) is 20.8 Å². The highest BCUT2D eigenvalue weighted by atomic mass is 19.3. The number of fused-ring (bicyclic) bond motifs is 2. The Hall–Kier alpha value is -3.55. The van der Waals surface area contributed by atoms with Crippen molar-refractivity contribution in [3.05, 3.63) is 29.8 Å². The molecule has 2 fully saturated rings. The molecule has 2 heterocycles. The van der Waals surface area contributed by atoms with E-state index in [1.54, 1.807) is 24.3 Å². The lowest BCUT2D eigenvalue weighted by molar-refractivity contribution is -0.145. The summed E-state index contributed by atoms with van der Waals surface area (Å²) in [6.07, 6.45) is -0.833. The monoisotopic (exact) mass is 501 g/mol. The fraction of sp³-hybridized carbons (Fsp3) is 0.560. The Kier molecular flexibility index (Phi) is 6.27. The largest absolute Gasteiger partial charge is 0.345 e. The van der Waals surface area contributed by atoms with Gasteiger partial charge in [0.2, 0.25) is 11.8 Å². The third kappa shape index (κ3) is 4.76. The molecular weight excluding hydrogens is 472 g/mol. The van der Waals surface area contributed by atoms with Crippen LogP contribution in [0.3, 0.4) is 0 Å². The molecule has 1 aliphatic carbocycles. The summed E-state index contributed by atoms with van der Waals surface area (Å²) in [6, 6.07) is 6.33. The second-order valence-electron chi connectivity index (χ2n) is 11.1. The number of benzene rings is 1. The highest BCUT2D eigenvalue weighted by Gasteiger charge is 2.56. The molecule has 192 valence electrons. The Bertz CT molecular complexity index is 1150. The summed E-state index contributed by atoms with van der Waals surface area (Å²) in [4.78, 5) is 52.9. The number of rotatable bonds is 4. The maximum atomic E-state index is 13.7. The molecule has 3 N–H and O–H groups in total. The van der Waals surface area contributed by atoms with Gasteiger partial charge in [-0.25, -0.2) is 8.78 Å². The average molecular weight is 502 g/mol. The quantitative estimate of drug-likeness (QED) is 0.542. The summed E-state index contributed by atoms with van der Waals surface area (Å²) in [7, 11) is 0. The maximum absolute atomic E-state index is 13.7. The van der Waals surface area contributed by atoms with Crippen LogP contribution >= 0.6 is 0 Å². The Labute approximate surface area is 207 Å². The van der Waals surface area contributed by atoms with Crippen molar-refractivity contribution in [1.82, 2.24) is 15.5 Å². The van der Waals surface area contributed by atoms with Gasteiger partial charge in [0.25, 0.3) is 5.92 Å². The molecule has 2 aliphatic heterocycles. The van der Waals surface area contributed by atoms with Gasteiger partial charge in [-0.2, -0.15) is 5.26 Å². The van der Waals surface area contributed by atoms with Crippen molar-refractivity contribution >= 4 is 29.3 Å². The Morgan fingerprint density at radius 2 is 1.86 bits per heavy atom. The minimum Gasteiger partial charge on any atom is -0.345 e. The number of para-hydroxylation sites is 1. The van der Waals surface area contributed by atoms with E-state index in [-0.39, 0.29) is 25.3 Å². The standard InChI is InChI=1S/C25H29F2N5O4/c1-23(2,3)11-18(30-20(34)19(33)29-14-8-25(26,27)9-14)21(35)32-13-24(10-15(32)12-28)16-6-4-5-7-17(16)31-22(24)36/h4-7,14-15,18H,8-11,13H2,1-3H3,(H,29,33)(H,30,34)(H,31,36)/t15-,18-,24-/m0/s1. The van der Waals surface area contributed by atoms with Crippen LogP contribution in [0.1, 0.15) is 52.0 Å². The van der Waals surface area contributed by atoms with E-state index in [0.717, 1.165) is 0 Å². The lowest BCUT2D eigenvalue weighted by atomic mass is 9.80. The summed E-state index contributed by atoms with van der Waals surface area (Å²) >= 11 is 0. The van der Waals surface area contributed by atoms with Crippen molar-refractivity contribution < 1.29 is 28.0 Å². The highest BCUT2D eigenvalue weighted by molar-refractivity contribution is 6.35. The van der Waals surface area contributed by atoms with E-state index in [2.05, 4.69) is 22.0 Å². The molecule has 0 unspecified atom stereocenters. The normalized spacial score (nSPS) is 25.4. The molecule has 1 aromatic carbocycles. The second-order valence-corrected chi connectivity index (χ2v) is 11.1. The zero-order valence-electron chi connectivity index (χ0n) is 20.4. The van der Waals surface area contributed by atoms with E-state index in [9.17, 15) is 33.2 Å². The summed E-state index contributed by atoms with van der Waals surface area (Å²) < 4.78 is 26.1. The molecule has 0 aromatic heterocycles. The first-order valence-electron chi connectivity index (χ1n) is 11.8. The smallest absolute Gasteiger partial charge is 0.309 e. The molecule has 4 amide bonds. The average Bonchev–Trinajstić information content (AvgIpc) is 3.29. The van der Waals surface area contributed by atoms with Gasteiger partial charge in [-0.3, -0.25) is 19.2 Å². The molecule has 1 saturated heterocycles. The molecule has 1 saturated carbocycles. The van der Waals surface area contributed by atoms with Gasteiger partial charge >= 0.3 is 11.8 Å². The van der Waals surface area contributed by atoms with Gasteiger partial charge in [-0.15, -0.1) is 0 Å². The Morgan fingerprint density at radius 1 is 1.19 bits per heavy atom. The van der Waals surface area contributed by atoms with Crippen LogP contribution in [0, 0.1) is 16.7 Å². The number of anilines is 1. The number of nitrogens with one attached hydrogen (secondary N) is 3. The molecule has 4 rings (SSSR count). The molecule has 0 radical (unpaired) electrons. The van der Waals surface area contributed by atoms with Crippen LogP contribution in [0.5, 0.6) is 0 Å². The van der Waals surface area contributed by atoms with Crippen molar-refractivity contribution in [3.8, 4) is 6.07 Å².